The Morgan fingerprint density at radius 1 is 1.25 bits per heavy atom. The van der Waals surface area contributed by atoms with Crippen LogP contribution in [0.2, 0.25) is 0 Å². The van der Waals surface area contributed by atoms with E-state index >= 15 is 0 Å². The summed E-state index contributed by atoms with van der Waals surface area (Å²) in [6, 6.07) is 7.98. The molecular formula is C20H32N2O2. The van der Waals surface area contributed by atoms with Crippen LogP contribution in [0.3, 0.4) is 0 Å². The van der Waals surface area contributed by atoms with E-state index in [1.54, 1.807) is 0 Å². The van der Waals surface area contributed by atoms with Crippen molar-refractivity contribution in [3.63, 3.8) is 0 Å². The lowest BCUT2D eigenvalue weighted by Crippen LogP contribution is -2.36. The zero-order valence-electron chi connectivity index (χ0n) is 15.5. The summed E-state index contributed by atoms with van der Waals surface area (Å²) in [5.74, 6) is -0.00275. The average Bonchev–Trinajstić information content (AvgIpc) is 2.53. The summed E-state index contributed by atoms with van der Waals surface area (Å²) < 4.78 is 0. The molecule has 0 radical (unpaired) electrons. The number of rotatable bonds is 5. The van der Waals surface area contributed by atoms with Gasteiger partial charge in [0.05, 0.1) is 6.10 Å². The molecule has 1 atom stereocenters. The quantitative estimate of drug-likeness (QED) is 0.866. The van der Waals surface area contributed by atoms with E-state index in [2.05, 4.69) is 37.9 Å². The topological polar surface area (TPSA) is 52.6 Å². The van der Waals surface area contributed by atoms with Crippen molar-refractivity contribution in [3.8, 4) is 0 Å². The minimum atomic E-state index is -0.166. The molecule has 0 aliphatic carbocycles. The highest BCUT2D eigenvalue weighted by Gasteiger charge is 2.18. The van der Waals surface area contributed by atoms with Crippen LogP contribution in [-0.4, -0.2) is 36.2 Å². The van der Waals surface area contributed by atoms with Gasteiger partial charge in [0.1, 0.15) is 0 Å². The summed E-state index contributed by atoms with van der Waals surface area (Å²) in [5.41, 5.74) is 2.13. The van der Waals surface area contributed by atoms with Crippen molar-refractivity contribution in [2.24, 2.45) is 5.41 Å². The highest BCUT2D eigenvalue weighted by Crippen LogP contribution is 2.22. The summed E-state index contributed by atoms with van der Waals surface area (Å²) in [6.45, 7) is 10.5. The van der Waals surface area contributed by atoms with Crippen molar-refractivity contribution in [2.45, 2.75) is 65.5 Å². The summed E-state index contributed by atoms with van der Waals surface area (Å²) in [6.07, 6.45) is 3.54. The number of amides is 1. The number of hydrogen-bond acceptors (Lipinski definition) is 3. The lowest BCUT2D eigenvalue weighted by molar-refractivity contribution is 0.0935. The van der Waals surface area contributed by atoms with E-state index in [9.17, 15) is 9.90 Å². The first-order valence-corrected chi connectivity index (χ1v) is 9.08. The highest BCUT2D eigenvalue weighted by atomic mass is 16.3. The zero-order chi connectivity index (χ0) is 17.7. The second kappa shape index (κ2) is 8.02. The monoisotopic (exact) mass is 332 g/mol. The molecule has 4 heteroatoms. The van der Waals surface area contributed by atoms with Crippen LogP contribution in [0.4, 0.5) is 5.69 Å². The fourth-order valence-corrected chi connectivity index (χ4v) is 2.98. The van der Waals surface area contributed by atoms with Crippen molar-refractivity contribution < 1.29 is 9.90 Å². The molecule has 1 saturated heterocycles. The Morgan fingerprint density at radius 3 is 2.38 bits per heavy atom. The van der Waals surface area contributed by atoms with Crippen molar-refractivity contribution in [1.29, 1.82) is 0 Å². The number of carbonyl (C=O) groups is 1. The Hall–Kier alpha value is -1.55. The Bertz CT molecular complexity index is 526. The Morgan fingerprint density at radius 2 is 1.83 bits per heavy atom. The van der Waals surface area contributed by atoms with Gasteiger partial charge in [-0.1, -0.05) is 20.8 Å². The third-order valence-corrected chi connectivity index (χ3v) is 4.66. The molecule has 0 aromatic heterocycles. The zero-order valence-corrected chi connectivity index (χ0v) is 15.5. The van der Waals surface area contributed by atoms with Gasteiger partial charge in [0, 0.05) is 30.4 Å². The van der Waals surface area contributed by atoms with Gasteiger partial charge in [-0.2, -0.15) is 0 Å². The van der Waals surface area contributed by atoms with Gasteiger partial charge in [0.15, 0.2) is 0 Å². The van der Waals surface area contributed by atoms with Crippen LogP contribution in [0, 0.1) is 5.41 Å². The van der Waals surface area contributed by atoms with E-state index in [1.807, 2.05) is 24.3 Å². The molecule has 1 heterocycles. The van der Waals surface area contributed by atoms with Gasteiger partial charge in [-0.15, -0.1) is 0 Å². The first-order valence-electron chi connectivity index (χ1n) is 9.08. The van der Waals surface area contributed by atoms with Gasteiger partial charge >= 0.3 is 0 Å². The largest absolute Gasteiger partial charge is 0.393 e. The van der Waals surface area contributed by atoms with Crippen LogP contribution in [0.5, 0.6) is 0 Å². The first-order chi connectivity index (χ1) is 11.2. The van der Waals surface area contributed by atoms with Crippen LogP contribution < -0.4 is 10.2 Å². The number of anilines is 1. The van der Waals surface area contributed by atoms with Gasteiger partial charge < -0.3 is 15.3 Å². The van der Waals surface area contributed by atoms with E-state index < -0.39 is 0 Å². The van der Waals surface area contributed by atoms with Crippen molar-refractivity contribution in [1.82, 2.24) is 5.32 Å². The Kier molecular flexibility index (Phi) is 6.27. The number of piperidine rings is 1. The molecule has 1 fully saturated rings. The molecule has 4 nitrogen and oxygen atoms in total. The van der Waals surface area contributed by atoms with Crippen LogP contribution in [0.1, 0.15) is 63.7 Å². The number of benzene rings is 1. The smallest absolute Gasteiger partial charge is 0.251 e. The number of hydrogen-bond donors (Lipinski definition) is 2. The molecule has 0 spiro atoms. The molecule has 1 amide bonds. The predicted molar refractivity (Wildman–Crippen MR) is 99.5 cm³/mol. The lowest BCUT2D eigenvalue weighted by atomic mass is 9.89. The second-order valence-corrected chi connectivity index (χ2v) is 8.24. The fourth-order valence-electron chi connectivity index (χ4n) is 2.98. The van der Waals surface area contributed by atoms with Gasteiger partial charge in [-0.3, -0.25) is 4.79 Å². The standard InChI is InChI=1S/C20H32N2O2/c1-15(9-12-20(2,3)4)21-19(24)16-5-7-17(8-6-16)22-13-10-18(23)11-14-22/h5-8,15,18,23H,9-14H2,1-4H3,(H,21,24). The van der Waals surface area contributed by atoms with Gasteiger partial charge in [-0.25, -0.2) is 0 Å². The molecule has 24 heavy (non-hydrogen) atoms. The maximum absolute atomic E-state index is 12.4. The van der Waals surface area contributed by atoms with E-state index in [0.29, 0.717) is 11.0 Å². The molecule has 1 aliphatic heterocycles. The number of carbonyl (C=O) groups excluding carboxylic acids is 1. The van der Waals surface area contributed by atoms with Crippen LogP contribution in [-0.2, 0) is 0 Å². The normalized spacial score (nSPS) is 17.6. The average molecular weight is 332 g/mol. The first kappa shape index (κ1) is 18.8. The van der Waals surface area contributed by atoms with E-state index in [-0.39, 0.29) is 18.1 Å². The number of nitrogens with zero attached hydrogens (tertiary/aromatic N) is 1. The summed E-state index contributed by atoms with van der Waals surface area (Å²) in [4.78, 5) is 14.6. The number of nitrogens with one attached hydrogen (secondary N) is 1. The molecule has 134 valence electrons. The fraction of sp³-hybridized carbons (Fsp3) is 0.650. The molecule has 1 aromatic carbocycles. The molecular weight excluding hydrogens is 300 g/mol. The molecule has 1 unspecified atom stereocenters. The molecule has 2 rings (SSSR count). The minimum absolute atomic E-state index is 0.00275. The number of aliphatic hydroxyl groups is 1. The maximum atomic E-state index is 12.4. The van der Waals surface area contributed by atoms with Crippen molar-refractivity contribution in [3.05, 3.63) is 29.8 Å². The van der Waals surface area contributed by atoms with Gasteiger partial charge in [0.2, 0.25) is 0 Å². The molecule has 0 saturated carbocycles. The summed E-state index contributed by atoms with van der Waals surface area (Å²) >= 11 is 0. The predicted octanol–water partition coefficient (Wildman–Crippen LogP) is 3.59. The molecule has 1 aliphatic rings. The van der Waals surface area contributed by atoms with E-state index in [0.717, 1.165) is 44.5 Å². The summed E-state index contributed by atoms with van der Waals surface area (Å²) in [5, 5.41) is 12.7. The molecule has 1 aromatic rings. The van der Waals surface area contributed by atoms with Crippen LogP contribution in [0.25, 0.3) is 0 Å². The molecule has 2 N–H and O–H groups in total. The van der Waals surface area contributed by atoms with E-state index in [1.165, 1.54) is 0 Å². The minimum Gasteiger partial charge on any atom is -0.393 e. The lowest BCUT2D eigenvalue weighted by Gasteiger charge is -2.31. The van der Waals surface area contributed by atoms with Crippen molar-refractivity contribution in [2.75, 3.05) is 18.0 Å². The summed E-state index contributed by atoms with van der Waals surface area (Å²) in [7, 11) is 0. The molecule has 0 bridgehead atoms. The Labute approximate surface area is 146 Å². The van der Waals surface area contributed by atoms with Crippen molar-refractivity contribution >= 4 is 11.6 Å². The van der Waals surface area contributed by atoms with E-state index in [4.69, 9.17) is 0 Å². The van der Waals surface area contributed by atoms with Crippen LogP contribution >= 0.6 is 0 Å². The SMILES string of the molecule is CC(CCC(C)(C)C)NC(=O)c1ccc(N2CCC(O)CC2)cc1. The van der Waals surface area contributed by atoms with Crippen LogP contribution in [0.15, 0.2) is 24.3 Å². The second-order valence-electron chi connectivity index (χ2n) is 8.24. The van der Waals surface area contributed by atoms with Gasteiger partial charge in [-0.05, 0) is 62.3 Å². The van der Waals surface area contributed by atoms with Gasteiger partial charge in [0.25, 0.3) is 5.91 Å². The highest BCUT2D eigenvalue weighted by molar-refractivity contribution is 5.94. The third kappa shape index (κ3) is 5.82. The number of aliphatic hydroxyl groups excluding tert-OH is 1. The maximum Gasteiger partial charge on any atom is 0.251 e. The third-order valence-electron chi connectivity index (χ3n) is 4.66. The Balaban J connectivity index is 1.87.